The Morgan fingerprint density at radius 2 is 2.00 bits per heavy atom. The van der Waals surface area contributed by atoms with Gasteiger partial charge in [-0.05, 0) is 12.8 Å². The van der Waals surface area contributed by atoms with Gasteiger partial charge in [0.05, 0.1) is 6.61 Å². The van der Waals surface area contributed by atoms with E-state index in [1.54, 1.807) is 7.11 Å². The van der Waals surface area contributed by atoms with Gasteiger partial charge in [0.1, 0.15) is 12.6 Å². The summed E-state index contributed by atoms with van der Waals surface area (Å²) in [5.74, 6) is -0.363. The molecule has 5 nitrogen and oxygen atoms in total. The van der Waals surface area contributed by atoms with Gasteiger partial charge in [-0.1, -0.05) is 6.92 Å². The summed E-state index contributed by atoms with van der Waals surface area (Å²) >= 11 is 0. The summed E-state index contributed by atoms with van der Waals surface area (Å²) in [5.41, 5.74) is 5.47. The van der Waals surface area contributed by atoms with Crippen LogP contribution in [-0.4, -0.2) is 45.5 Å². The Morgan fingerprint density at radius 3 is 2.60 bits per heavy atom. The molecule has 0 saturated carbocycles. The molecule has 0 saturated heterocycles. The van der Waals surface area contributed by atoms with Crippen molar-refractivity contribution < 1.29 is 19.0 Å². The first kappa shape index (κ1) is 14.3. The molecule has 0 aromatic carbocycles. The third kappa shape index (κ3) is 8.35. The molecule has 0 bridgehead atoms. The summed E-state index contributed by atoms with van der Waals surface area (Å²) < 4.78 is 14.9. The van der Waals surface area contributed by atoms with Crippen LogP contribution < -0.4 is 5.73 Å². The normalized spacial score (nSPS) is 12.5. The first-order valence-corrected chi connectivity index (χ1v) is 5.21. The molecule has 90 valence electrons. The molecular weight excluding hydrogens is 198 g/mol. The molecule has 0 aliphatic heterocycles. The molecule has 0 radical (unpaired) electrons. The Morgan fingerprint density at radius 1 is 1.27 bits per heavy atom. The minimum atomic E-state index is -0.515. The van der Waals surface area contributed by atoms with Crippen molar-refractivity contribution in [2.24, 2.45) is 5.73 Å². The number of hydrogen-bond acceptors (Lipinski definition) is 5. The number of ether oxygens (including phenoxy) is 3. The third-order valence-corrected chi connectivity index (χ3v) is 1.85. The van der Waals surface area contributed by atoms with E-state index >= 15 is 0 Å². The molecular formula is C10H21NO4. The number of carbonyl (C=O) groups excluding carboxylic acids is 1. The highest BCUT2D eigenvalue weighted by atomic mass is 16.6. The number of methoxy groups -OCH3 is 1. The summed E-state index contributed by atoms with van der Waals surface area (Å²) in [5, 5.41) is 0. The maximum Gasteiger partial charge on any atom is 0.322 e. The van der Waals surface area contributed by atoms with E-state index in [1.165, 1.54) is 0 Å². The number of carbonyl (C=O) groups is 1. The summed E-state index contributed by atoms with van der Waals surface area (Å²) in [4.78, 5) is 11.1. The summed E-state index contributed by atoms with van der Waals surface area (Å²) in [6.07, 6.45) is 1.44. The molecule has 0 aliphatic carbocycles. The van der Waals surface area contributed by atoms with E-state index < -0.39 is 6.04 Å². The lowest BCUT2D eigenvalue weighted by atomic mass is 10.2. The molecule has 0 amide bonds. The van der Waals surface area contributed by atoms with Crippen LogP contribution in [0.1, 0.15) is 19.8 Å². The fourth-order valence-electron chi connectivity index (χ4n) is 0.882. The van der Waals surface area contributed by atoms with Crippen molar-refractivity contribution in [1.29, 1.82) is 0 Å². The molecule has 0 heterocycles. The summed E-state index contributed by atoms with van der Waals surface area (Å²) in [6, 6.07) is -0.515. The molecule has 2 N–H and O–H groups in total. The Kier molecular flexibility index (Phi) is 9.46. The van der Waals surface area contributed by atoms with Gasteiger partial charge >= 0.3 is 5.97 Å². The minimum absolute atomic E-state index is 0.263. The van der Waals surface area contributed by atoms with Gasteiger partial charge in [-0.2, -0.15) is 0 Å². The topological polar surface area (TPSA) is 70.8 Å². The highest BCUT2D eigenvalue weighted by molar-refractivity contribution is 5.75. The van der Waals surface area contributed by atoms with Crippen LogP contribution in [0, 0.1) is 0 Å². The average molecular weight is 219 g/mol. The standard InChI is InChI=1S/C10H21NO4/c1-3-9(11)10(12)15-8-7-14-6-4-5-13-2/h9H,3-8,11H2,1-2H3. The zero-order valence-electron chi connectivity index (χ0n) is 9.53. The van der Waals surface area contributed by atoms with E-state index in [0.717, 1.165) is 6.42 Å². The maximum atomic E-state index is 11.1. The molecule has 1 atom stereocenters. The van der Waals surface area contributed by atoms with E-state index in [1.807, 2.05) is 6.92 Å². The molecule has 0 aromatic rings. The summed E-state index contributed by atoms with van der Waals surface area (Å²) in [7, 11) is 1.65. The average Bonchev–Trinajstić information content (AvgIpc) is 2.26. The van der Waals surface area contributed by atoms with Crippen molar-refractivity contribution in [3.63, 3.8) is 0 Å². The maximum absolute atomic E-state index is 11.1. The molecule has 5 heteroatoms. The van der Waals surface area contributed by atoms with Gasteiger partial charge in [0, 0.05) is 20.3 Å². The lowest BCUT2D eigenvalue weighted by Crippen LogP contribution is -2.32. The Labute approximate surface area is 90.9 Å². The van der Waals surface area contributed by atoms with E-state index in [0.29, 0.717) is 26.2 Å². The monoisotopic (exact) mass is 219 g/mol. The largest absolute Gasteiger partial charge is 0.462 e. The van der Waals surface area contributed by atoms with E-state index in [4.69, 9.17) is 19.9 Å². The zero-order chi connectivity index (χ0) is 11.5. The van der Waals surface area contributed by atoms with Gasteiger partial charge in [0.2, 0.25) is 0 Å². The highest BCUT2D eigenvalue weighted by Gasteiger charge is 2.11. The van der Waals surface area contributed by atoms with Crippen LogP contribution in [0.15, 0.2) is 0 Å². The van der Waals surface area contributed by atoms with Gasteiger partial charge < -0.3 is 19.9 Å². The van der Waals surface area contributed by atoms with Crippen molar-refractivity contribution >= 4 is 5.97 Å². The number of esters is 1. The Balaban J connectivity index is 3.20. The molecule has 0 aliphatic rings. The number of hydrogen-bond donors (Lipinski definition) is 1. The van der Waals surface area contributed by atoms with Crippen molar-refractivity contribution in [1.82, 2.24) is 0 Å². The van der Waals surface area contributed by atoms with Gasteiger partial charge in [0.15, 0.2) is 0 Å². The Hall–Kier alpha value is -0.650. The lowest BCUT2D eigenvalue weighted by Gasteiger charge is -2.09. The molecule has 15 heavy (non-hydrogen) atoms. The van der Waals surface area contributed by atoms with Gasteiger partial charge in [-0.25, -0.2) is 0 Å². The predicted octanol–water partition coefficient (Wildman–Crippen LogP) is 0.320. The second kappa shape index (κ2) is 9.89. The van der Waals surface area contributed by atoms with Crippen molar-refractivity contribution in [2.45, 2.75) is 25.8 Å². The number of nitrogens with two attached hydrogens (primary N) is 1. The molecule has 0 aromatic heterocycles. The SMILES string of the molecule is CCC(N)C(=O)OCCOCCCOC. The highest BCUT2D eigenvalue weighted by Crippen LogP contribution is 1.91. The van der Waals surface area contributed by atoms with Crippen LogP contribution in [0.4, 0.5) is 0 Å². The van der Waals surface area contributed by atoms with E-state index in [2.05, 4.69) is 0 Å². The molecule has 0 spiro atoms. The molecule has 0 rings (SSSR count). The van der Waals surface area contributed by atoms with Gasteiger partial charge in [0.25, 0.3) is 0 Å². The van der Waals surface area contributed by atoms with Crippen molar-refractivity contribution in [3.05, 3.63) is 0 Å². The van der Waals surface area contributed by atoms with Crippen LogP contribution in [0.5, 0.6) is 0 Å². The third-order valence-electron chi connectivity index (χ3n) is 1.85. The minimum Gasteiger partial charge on any atom is -0.462 e. The second-order valence-corrected chi connectivity index (χ2v) is 3.14. The first-order valence-electron chi connectivity index (χ1n) is 5.21. The lowest BCUT2D eigenvalue weighted by molar-refractivity contribution is -0.146. The van der Waals surface area contributed by atoms with Crippen molar-refractivity contribution in [3.8, 4) is 0 Å². The smallest absolute Gasteiger partial charge is 0.322 e. The predicted molar refractivity (Wildman–Crippen MR) is 56.5 cm³/mol. The van der Waals surface area contributed by atoms with Crippen molar-refractivity contribution in [2.75, 3.05) is 33.5 Å². The van der Waals surface area contributed by atoms with Gasteiger partial charge in [-0.3, -0.25) is 4.79 Å². The van der Waals surface area contributed by atoms with Gasteiger partial charge in [-0.15, -0.1) is 0 Å². The van der Waals surface area contributed by atoms with Crippen LogP contribution in [0.3, 0.4) is 0 Å². The molecule has 0 fully saturated rings. The first-order chi connectivity index (χ1) is 7.22. The zero-order valence-corrected chi connectivity index (χ0v) is 9.53. The van der Waals surface area contributed by atoms with Crippen LogP contribution in [0.2, 0.25) is 0 Å². The Bertz CT molecular complexity index is 164. The number of rotatable bonds is 9. The fourth-order valence-corrected chi connectivity index (χ4v) is 0.882. The fraction of sp³-hybridized carbons (Fsp3) is 0.900. The van der Waals surface area contributed by atoms with Crippen LogP contribution >= 0.6 is 0 Å². The van der Waals surface area contributed by atoms with Crippen LogP contribution in [0.25, 0.3) is 0 Å². The van der Waals surface area contributed by atoms with E-state index in [-0.39, 0.29) is 12.6 Å². The molecule has 1 unspecified atom stereocenters. The second-order valence-electron chi connectivity index (χ2n) is 3.14. The summed E-state index contributed by atoms with van der Waals surface area (Å²) in [6.45, 7) is 3.81. The van der Waals surface area contributed by atoms with E-state index in [9.17, 15) is 4.79 Å². The quantitative estimate of drug-likeness (QED) is 0.446. The van der Waals surface area contributed by atoms with Crippen LogP contribution in [-0.2, 0) is 19.0 Å².